The Morgan fingerprint density at radius 1 is 1.37 bits per heavy atom. The van der Waals surface area contributed by atoms with Gasteiger partial charge in [0.1, 0.15) is 5.82 Å². The number of nitrogens with zero attached hydrogens (tertiary/aromatic N) is 1. The highest BCUT2D eigenvalue weighted by Gasteiger charge is 2.05. The summed E-state index contributed by atoms with van der Waals surface area (Å²) in [7, 11) is 2.08. The van der Waals surface area contributed by atoms with E-state index in [1.807, 2.05) is 12.1 Å². The van der Waals surface area contributed by atoms with Crippen LogP contribution in [0.4, 0.5) is 4.39 Å². The summed E-state index contributed by atoms with van der Waals surface area (Å²) in [5, 5.41) is 0. The number of halogens is 1. The lowest BCUT2D eigenvalue weighted by Crippen LogP contribution is -2.20. The number of nitrogens with two attached hydrogens (primary N) is 1. The van der Waals surface area contributed by atoms with Crippen molar-refractivity contribution < 1.29 is 4.39 Å². The summed E-state index contributed by atoms with van der Waals surface area (Å²) < 4.78 is 13.5. The van der Waals surface area contributed by atoms with E-state index in [4.69, 9.17) is 5.73 Å². The molecule has 19 heavy (non-hydrogen) atoms. The van der Waals surface area contributed by atoms with Crippen LogP contribution in [0.5, 0.6) is 0 Å². The van der Waals surface area contributed by atoms with Gasteiger partial charge in [-0.3, -0.25) is 0 Å². The molecule has 2 nitrogen and oxygen atoms in total. The van der Waals surface area contributed by atoms with Gasteiger partial charge in [0.15, 0.2) is 0 Å². The van der Waals surface area contributed by atoms with Gasteiger partial charge in [0.25, 0.3) is 0 Å². The van der Waals surface area contributed by atoms with Crippen molar-refractivity contribution >= 4 is 0 Å². The van der Waals surface area contributed by atoms with Gasteiger partial charge in [0.2, 0.25) is 0 Å². The second-order valence-electron chi connectivity index (χ2n) is 5.24. The predicted octanol–water partition coefficient (Wildman–Crippen LogP) is 2.61. The average Bonchev–Trinajstić information content (AvgIpc) is 2.37. The summed E-state index contributed by atoms with van der Waals surface area (Å²) in [5.74, 6) is 5.87. The average molecular weight is 262 g/mol. The number of hydrogen-bond acceptors (Lipinski definition) is 2. The van der Waals surface area contributed by atoms with Gasteiger partial charge in [-0.25, -0.2) is 4.39 Å². The molecule has 0 bridgehead atoms. The van der Waals surface area contributed by atoms with Crippen molar-refractivity contribution in [3.05, 3.63) is 35.1 Å². The molecular weight excluding hydrogens is 239 g/mol. The lowest BCUT2D eigenvalue weighted by molar-refractivity contribution is 0.303. The van der Waals surface area contributed by atoms with E-state index in [1.165, 1.54) is 6.07 Å². The fraction of sp³-hybridized carbons (Fsp3) is 0.500. The fourth-order valence-corrected chi connectivity index (χ4v) is 1.78. The molecule has 2 N–H and O–H groups in total. The van der Waals surface area contributed by atoms with E-state index in [1.54, 1.807) is 0 Å². The Morgan fingerprint density at radius 3 is 2.74 bits per heavy atom. The van der Waals surface area contributed by atoms with Gasteiger partial charge < -0.3 is 10.6 Å². The van der Waals surface area contributed by atoms with E-state index in [9.17, 15) is 4.39 Å². The van der Waals surface area contributed by atoms with Crippen LogP contribution in [0.15, 0.2) is 18.2 Å². The molecule has 0 aromatic heterocycles. The van der Waals surface area contributed by atoms with Gasteiger partial charge in [-0.2, -0.15) is 0 Å². The molecule has 1 rings (SSSR count). The summed E-state index contributed by atoms with van der Waals surface area (Å²) >= 11 is 0. The molecule has 0 saturated carbocycles. The lowest BCUT2D eigenvalue weighted by atomic mass is 10.1. The van der Waals surface area contributed by atoms with Gasteiger partial charge in [0, 0.05) is 6.54 Å². The zero-order valence-electron chi connectivity index (χ0n) is 12.0. The maximum atomic E-state index is 13.5. The molecule has 0 amide bonds. The first-order chi connectivity index (χ1) is 9.02. The predicted molar refractivity (Wildman–Crippen MR) is 78.1 cm³/mol. The summed E-state index contributed by atoms with van der Waals surface area (Å²) in [6.45, 7) is 6.53. The van der Waals surface area contributed by atoms with E-state index in [2.05, 4.69) is 37.6 Å². The molecule has 1 aromatic carbocycles. The van der Waals surface area contributed by atoms with Crippen molar-refractivity contribution in [1.29, 1.82) is 0 Å². The minimum absolute atomic E-state index is 0.248. The Balaban J connectivity index is 2.68. The largest absolute Gasteiger partial charge is 0.320 e. The zero-order chi connectivity index (χ0) is 14.3. The van der Waals surface area contributed by atoms with Crippen molar-refractivity contribution in [2.75, 3.05) is 20.1 Å². The van der Waals surface area contributed by atoms with Crippen LogP contribution in [0.1, 0.15) is 31.4 Å². The van der Waals surface area contributed by atoms with Crippen LogP contribution in [0.3, 0.4) is 0 Å². The molecule has 0 heterocycles. The Kier molecular flexibility index (Phi) is 6.55. The van der Waals surface area contributed by atoms with E-state index in [0.717, 1.165) is 25.1 Å². The second kappa shape index (κ2) is 7.93. The third-order valence-electron chi connectivity index (χ3n) is 2.90. The first-order valence-electron chi connectivity index (χ1n) is 6.68. The van der Waals surface area contributed by atoms with Gasteiger partial charge in [-0.1, -0.05) is 31.8 Å². The third-order valence-corrected chi connectivity index (χ3v) is 2.90. The molecular formula is C16H23FN2. The highest BCUT2D eigenvalue weighted by molar-refractivity contribution is 5.38. The third kappa shape index (κ3) is 5.87. The fourth-order valence-electron chi connectivity index (χ4n) is 1.78. The van der Waals surface area contributed by atoms with Crippen molar-refractivity contribution in [3.8, 4) is 11.8 Å². The standard InChI is InChI=1S/C16H23FN2/c1-13(2)8-10-19(3)12-14-6-7-16(17)15(11-14)5-4-9-18/h6-7,11,13H,8-10,12,18H2,1-3H3. The molecule has 0 aliphatic rings. The Labute approximate surface area is 115 Å². The molecule has 0 saturated heterocycles. The van der Waals surface area contributed by atoms with Gasteiger partial charge in [-0.05, 0) is 43.6 Å². The maximum absolute atomic E-state index is 13.5. The van der Waals surface area contributed by atoms with E-state index < -0.39 is 0 Å². The number of benzene rings is 1. The number of rotatable bonds is 5. The molecule has 0 aliphatic heterocycles. The molecule has 0 spiro atoms. The van der Waals surface area contributed by atoms with Crippen LogP contribution in [0, 0.1) is 23.6 Å². The van der Waals surface area contributed by atoms with Crippen LogP contribution in [-0.4, -0.2) is 25.0 Å². The molecule has 1 aromatic rings. The minimum atomic E-state index is -0.283. The van der Waals surface area contributed by atoms with E-state index in [0.29, 0.717) is 11.5 Å². The molecule has 0 atom stereocenters. The van der Waals surface area contributed by atoms with Crippen LogP contribution < -0.4 is 5.73 Å². The van der Waals surface area contributed by atoms with Crippen molar-refractivity contribution in [2.24, 2.45) is 11.7 Å². The van der Waals surface area contributed by atoms with Crippen LogP contribution >= 0.6 is 0 Å². The first kappa shape index (κ1) is 15.7. The van der Waals surface area contributed by atoms with Crippen molar-refractivity contribution in [3.63, 3.8) is 0 Å². The topological polar surface area (TPSA) is 29.3 Å². The minimum Gasteiger partial charge on any atom is -0.320 e. The van der Waals surface area contributed by atoms with E-state index >= 15 is 0 Å². The molecule has 0 unspecified atom stereocenters. The Morgan fingerprint density at radius 2 is 2.11 bits per heavy atom. The van der Waals surface area contributed by atoms with Gasteiger partial charge >= 0.3 is 0 Å². The molecule has 3 heteroatoms. The van der Waals surface area contributed by atoms with Crippen molar-refractivity contribution in [2.45, 2.75) is 26.8 Å². The summed E-state index contributed by atoms with van der Waals surface area (Å²) in [6, 6.07) is 5.10. The highest BCUT2D eigenvalue weighted by Crippen LogP contribution is 2.12. The maximum Gasteiger partial charge on any atom is 0.138 e. The van der Waals surface area contributed by atoms with Gasteiger partial charge in [-0.15, -0.1) is 0 Å². The molecule has 104 valence electrons. The highest BCUT2D eigenvalue weighted by atomic mass is 19.1. The molecule has 0 aliphatic carbocycles. The van der Waals surface area contributed by atoms with Crippen LogP contribution in [-0.2, 0) is 6.54 Å². The Bertz CT molecular complexity index is 458. The quantitative estimate of drug-likeness (QED) is 0.827. The van der Waals surface area contributed by atoms with Gasteiger partial charge in [0.05, 0.1) is 12.1 Å². The van der Waals surface area contributed by atoms with Crippen molar-refractivity contribution in [1.82, 2.24) is 4.90 Å². The summed E-state index contributed by atoms with van der Waals surface area (Å²) in [5.41, 5.74) is 6.82. The monoisotopic (exact) mass is 262 g/mol. The zero-order valence-corrected chi connectivity index (χ0v) is 12.0. The number of hydrogen-bond donors (Lipinski definition) is 1. The Hall–Kier alpha value is -1.37. The second-order valence-corrected chi connectivity index (χ2v) is 5.24. The van der Waals surface area contributed by atoms with Crippen LogP contribution in [0.2, 0.25) is 0 Å². The smallest absolute Gasteiger partial charge is 0.138 e. The van der Waals surface area contributed by atoms with Crippen LogP contribution in [0.25, 0.3) is 0 Å². The lowest BCUT2D eigenvalue weighted by Gasteiger charge is -2.18. The summed E-state index contributed by atoms with van der Waals surface area (Å²) in [6.07, 6.45) is 1.16. The SMILES string of the molecule is CC(C)CCN(C)Cc1ccc(F)c(C#CCN)c1. The first-order valence-corrected chi connectivity index (χ1v) is 6.68. The molecule has 0 fully saturated rings. The summed E-state index contributed by atoms with van der Waals surface area (Å²) in [4.78, 5) is 2.24. The normalized spacial score (nSPS) is 10.7. The van der Waals surface area contributed by atoms with E-state index in [-0.39, 0.29) is 12.4 Å². The molecule has 0 radical (unpaired) electrons.